The molecule has 6 atom stereocenters. The van der Waals surface area contributed by atoms with E-state index in [1.165, 1.54) is 25.7 Å². The van der Waals surface area contributed by atoms with E-state index in [4.69, 9.17) is 9.47 Å². The maximum atomic E-state index is 6.02. The van der Waals surface area contributed by atoms with Gasteiger partial charge in [0.2, 0.25) is 0 Å². The van der Waals surface area contributed by atoms with E-state index in [0.29, 0.717) is 6.79 Å². The van der Waals surface area contributed by atoms with Crippen LogP contribution in [0.3, 0.4) is 0 Å². The minimum atomic E-state index is 0.189. The summed E-state index contributed by atoms with van der Waals surface area (Å²) in [5.74, 6) is 1.54. The van der Waals surface area contributed by atoms with Gasteiger partial charge in [-0.15, -0.1) is 0 Å². The molecular formula is C18H30N2O2. The maximum absolute atomic E-state index is 6.02. The quantitative estimate of drug-likeness (QED) is 0.772. The summed E-state index contributed by atoms with van der Waals surface area (Å²) >= 11 is 0. The van der Waals surface area contributed by atoms with E-state index in [2.05, 4.69) is 29.8 Å². The predicted octanol–water partition coefficient (Wildman–Crippen LogP) is 4.06. The van der Waals surface area contributed by atoms with E-state index >= 15 is 0 Å². The summed E-state index contributed by atoms with van der Waals surface area (Å²) in [7, 11) is 0. The zero-order valence-corrected chi connectivity index (χ0v) is 14.0. The van der Waals surface area contributed by atoms with Gasteiger partial charge in [0.25, 0.3) is 0 Å². The smallest absolute Gasteiger partial charge is 0.147 e. The van der Waals surface area contributed by atoms with E-state index in [1.54, 1.807) is 0 Å². The molecule has 2 fully saturated rings. The number of hydrogen-bond donors (Lipinski definition) is 0. The topological polar surface area (TPSA) is 43.2 Å². The maximum Gasteiger partial charge on any atom is 0.147 e. The highest BCUT2D eigenvalue weighted by atomic mass is 16.7. The predicted molar refractivity (Wildman–Crippen MR) is 87.3 cm³/mol. The largest absolute Gasteiger partial charge is 0.350 e. The molecule has 3 aliphatic rings. The Bertz CT molecular complexity index is 385. The van der Waals surface area contributed by atoms with Crippen LogP contribution in [-0.2, 0) is 9.47 Å². The summed E-state index contributed by atoms with van der Waals surface area (Å²) in [6, 6.07) is 3.46. The number of ether oxygens (including phenoxy) is 2. The molecule has 1 heterocycles. The molecule has 1 aliphatic heterocycles. The Labute approximate surface area is 134 Å². The molecule has 0 aromatic carbocycles. The first-order valence-electron chi connectivity index (χ1n) is 9.18. The van der Waals surface area contributed by atoms with Gasteiger partial charge in [0.1, 0.15) is 6.79 Å². The van der Waals surface area contributed by atoms with Crippen LogP contribution in [0.25, 0.3) is 0 Å². The third-order valence-electron chi connectivity index (χ3n) is 5.89. The van der Waals surface area contributed by atoms with Crippen molar-refractivity contribution in [3.63, 3.8) is 0 Å². The molecule has 0 radical (unpaired) electrons. The molecule has 0 aromatic rings. The van der Waals surface area contributed by atoms with Crippen molar-refractivity contribution in [2.24, 2.45) is 21.8 Å². The lowest BCUT2D eigenvalue weighted by atomic mass is 9.82. The van der Waals surface area contributed by atoms with Crippen molar-refractivity contribution in [2.75, 3.05) is 6.79 Å². The SMILES string of the molecule is CCC1CCC2OCOC3CCC(CC)CC3N=C=NC2C1. The molecule has 2 aliphatic carbocycles. The van der Waals surface area contributed by atoms with Gasteiger partial charge in [-0.3, -0.25) is 0 Å². The Morgan fingerprint density at radius 1 is 0.818 bits per heavy atom. The second kappa shape index (κ2) is 7.72. The Morgan fingerprint density at radius 2 is 1.32 bits per heavy atom. The fourth-order valence-electron chi connectivity index (χ4n) is 4.20. The second-order valence-corrected chi connectivity index (χ2v) is 7.20. The first kappa shape index (κ1) is 16.2. The molecule has 124 valence electrons. The molecule has 0 amide bonds. The van der Waals surface area contributed by atoms with Crippen LogP contribution >= 0.6 is 0 Å². The summed E-state index contributed by atoms with van der Waals surface area (Å²) in [5, 5.41) is 0. The van der Waals surface area contributed by atoms with E-state index in [9.17, 15) is 0 Å². The zero-order valence-electron chi connectivity index (χ0n) is 14.0. The Kier molecular flexibility index (Phi) is 5.67. The van der Waals surface area contributed by atoms with Crippen LogP contribution in [0.5, 0.6) is 0 Å². The lowest BCUT2D eigenvalue weighted by Crippen LogP contribution is -2.39. The fourth-order valence-corrected chi connectivity index (χ4v) is 4.20. The van der Waals surface area contributed by atoms with Crippen LogP contribution in [0.1, 0.15) is 65.2 Å². The average molecular weight is 306 g/mol. The van der Waals surface area contributed by atoms with Crippen LogP contribution in [0, 0.1) is 11.8 Å². The van der Waals surface area contributed by atoms with Gasteiger partial charge in [0.15, 0.2) is 0 Å². The van der Waals surface area contributed by atoms with Gasteiger partial charge >= 0.3 is 0 Å². The molecule has 6 unspecified atom stereocenters. The van der Waals surface area contributed by atoms with Crippen LogP contribution in [0.2, 0.25) is 0 Å². The molecule has 2 saturated carbocycles. The summed E-state index contributed by atoms with van der Waals surface area (Å²) in [4.78, 5) is 9.30. The van der Waals surface area contributed by atoms with Crippen LogP contribution in [0.4, 0.5) is 0 Å². The van der Waals surface area contributed by atoms with E-state index in [1.807, 2.05) is 0 Å². The van der Waals surface area contributed by atoms with Crippen molar-refractivity contribution < 1.29 is 9.47 Å². The van der Waals surface area contributed by atoms with Crippen LogP contribution in [-0.4, -0.2) is 37.1 Å². The summed E-state index contributed by atoms with van der Waals surface area (Å²) in [6.07, 6.45) is 9.72. The van der Waals surface area contributed by atoms with Crippen molar-refractivity contribution in [2.45, 2.75) is 89.5 Å². The van der Waals surface area contributed by atoms with E-state index in [-0.39, 0.29) is 24.3 Å². The lowest BCUT2D eigenvalue weighted by Gasteiger charge is -2.36. The first-order valence-corrected chi connectivity index (χ1v) is 9.18. The van der Waals surface area contributed by atoms with Gasteiger partial charge in [-0.25, -0.2) is 9.98 Å². The number of nitrogens with zero attached hydrogens (tertiary/aromatic N) is 2. The Balaban J connectivity index is 1.72. The zero-order chi connectivity index (χ0) is 15.4. The van der Waals surface area contributed by atoms with Gasteiger partial charge in [-0.05, 0) is 50.4 Å². The van der Waals surface area contributed by atoms with Gasteiger partial charge in [0.05, 0.1) is 30.3 Å². The van der Waals surface area contributed by atoms with E-state index < -0.39 is 0 Å². The highest BCUT2D eigenvalue weighted by Gasteiger charge is 2.33. The molecule has 3 rings (SSSR count). The summed E-state index contributed by atoms with van der Waals surface area (Å²) < 4.78 is 12.0. The molecule has 0 spiro atoms. The highest BCUT2D eigenvalue weighted by molar-refractivity contribution is 5.42. The van der Waals surface area contributed by atoms with Crippen LogP contribution < -0.4 is 0 Å². The molecular weight excluding hydrogens is 276 g/mol. The second-order valence-electron chi connectivity index (χ2n) is 7.20. The molecule has 0 aromatic heterocycles. The molecule has 4 nitrogen and oxygen atoms in total. The van der Waals surface area contributed by atoms with E-state index in [0.717, 1.165) is 37.5 Å². The molecule has 0 N–H and O–H groups in total. The monoisotopic (exact) mass is 306 g/mol. The van der Waals surface area contributed by atoms with Gasteiger partial charge in [0, 0.05) is 0 Å². The van der Waals surface area contributed by atoms with Gasteiger partial charge < -0.3 is 9.47 Å². The summed E-state index contributed by atoms with van der Waals surface area (Å²) in [5.41, 5.74) is 0. The number of rotatable bonds is 2. The Hall–Kier alpha value is -0.700. The minimum absolute atomic E-state index is 0.189. The number of aliphatic imine (C=N–C) groups is 2. The molecule has 0 bridgehead atoms. The minimum Gasteiger partial charge on any atom is -0.350 e. The lowest BCUT2D eigenvalue weighted by molar-refractivity contribution is -0.143. The molecule has 4 heteroatoms. The highest BCUT2D eigenvalue weighted by Crippen LogP contribution is 2.33. The van der Waals surface area contributed by atoms with Crippen LogP contribution in [0.15, 0.2) is 9.98 Å². The first-order chi connectivity index (χ1) is 10.8. The number of fused-ring (bicyclic) bond motifs is 2. The standard InChI is InChI=1S/C18H30N2O2/c1-3-13-5-7-17-15(9-13)19-11-20-16-10-14(4-2)6-8-18(16)22-12-21-17/h13-18H,3-10,12H2,1-2H3. The fraction of sp³-hybridized carbons (Fsp3) is 0.944. The molecule has 0 saturated heterocycles. The average Bonchev–Trinajstić information content (AvgIpc) is 2.57. The Morgan fingerprint density at radius 3 is 1.77 bits per heavy atom. The summed E-state index contributed by atoms with van der Waals surface area (Å²) in [6.45, 7) is 4.94. The van der Waals surface area contributed by atoms with Crippen molar-refractivity contribution >= 4 is 6.01 Å². The van der Waals surface area contributed by atoms with Crippen molar-refractivity contribution in [3.8, 4) is 0 Å². The normalized spacial score (nSPS) is 42.5. The van der Waals surface area contributed by atoms with Crippen molar-refractivity contribution in [1.29, 1.82) is 0 Å². The number of hydrogen-bond acceptors (Lipinski definition) is 4. The third-order valence-corrected chi connectivity index (χ3v) is 5.89. The molecule has 22 heavy (non-hydrogen) atoms. The van der Waals surface area contributed by atoms with Gasteiger partial charge in [-0.1, -0.05) is 26.7 Å². The van der Waals surface area contributed by atoms with Crippen molar-refractivity contribution in [1.82, 2.24) is 0 Å². The van der Waals surface area contributed by atoms with Crippen molar-refractivity contribution in [3.05, 3.63) is 0 Å². The third kappa shape index (κ3) is 3.79. The van der Waals surface area contributed by atoms with Gasteiger partial charge in [-0.2, -0.15) is 0 Å².